The van der Waals surface area contributed by atoms with Crippen LogP contribution < -0.4 is 10.3 Å². The van der Waals surface area contributed by atoms with Crippen LogP contribution in [0.25, 0.3) is 22.2 Å². The zero-order valence-corrected chi connectivity index (χ0v) is 14.5. The van der Waals surface area contributed by atoms with E-state index >= 15 is 0 Å². The van der Waals surface area contributed by atoms with Crippen LogP contribution >= 0.6 is 12.6 Å². The fourth-order valence-corrected chi connectivity index (χ4v) is 2.97. The molecule has 6 heteroatoms. The summed E-state index contributed by atoms with van der Waals surface area (Å²) in [6.45, 7) is 2.45. The summed E-state index contributed by atoms with van der Waals surface area (Å²) in [7, 11) is 1.71. The first-order valence-electron chi connectivity index (χ1n) is 7.96. The molecule has 0 aliphatic heterocycles. The highest BCUT2D eigenvalue weighted by Gasteiger charge is 2.23. The molecule has 124 valence electrons. The van der Waals surface area contributed by atoms with E-state index in [0.29, 0.717) is 29.5 Å². The molecule has 0 saturated heterocycles. The van der Waals surface area contributed by atoms with Crippen LogP contribution in [0, 0.1) is 12.8 Å². The molecule has 1 fully saturated rings. The van der Waals surface area contributed by atoms with Crippen LogP contribution in [0.4, 0.5) is 0 Å². The topological polar surface area (TPSA) is 57.3 Å². The third-order valence-electron chi connectivity index (χ3n) is 4.25. The summed E-state index contributed by atoms with van der Waals surface area (Å²) in [5.74, 6) is 1.90. The van der Waals surface area contributed by atoms with Gasteiger partial charge < -0.3 is 13.7 Å². The molecule has 0 N–H and O–H groups in total. The quantitative estimate of drug-likeness (QED) is 0.736. The summed E-state index contributed by atoms with van der Waals surface area (Å²) in [6, 6.07) is 5.75. The number of pyridine rings is 1. The molecule has 1 aliphatic carbocycles. The van der Waals surface area contributed by atoms with Crippen molar-refractivity contribution in [2.75, 3.05) is 6.61 Å². The zero-order chi connectivity index (χ0) is 16.8. The molecule has 0 atom stereocenters. The number of aromatic nitrogens is 2. The Morgan fingerprint density at radius 1 is 1.38 bits per heavy atom. The van der Waals surface area contributed by atoms with Crippen LogP contribution in [-0.2, 0) is 7.05 Å². The molecule has 1 saturated carbocycles. The van der Waals surface area contributed by atoms with Crippen LogP contribution in [0.1, 0.15) is 18.7 Å². The van der Waals surface area contributed by atoms with Gasteiger partial charge in [0, 0.05) is 36.2 Å². The lowest BCUT2D eigenvalue weighted by atomic mass is 10.1. The molecule has 5 nitrogen and oxygen atoms in total. The molecule has 0 unspecified atom stereocenters. The summed E-state index contributed by atoms with van der Waals surface area (Å²) < 4.78 is 13.3. The van der Waals surface area contributed by atoms with Crippen LogP contribution in [0.5, 0.6) is 5.75 Å². The Balaban J connectivity index is 1.91. The van der Waals surface area contributed by atoms with E-state index in [1.54, 1.807) is 20.2 Å². The minimum Gasteiger partial charge on any atom is -0.493 e. The Bertz CT molecular complexity index is 986. The van der Waals surface area contributed by atoms with Crippen molar-refractivity contribution in [3.8, 4) is 16.9 Å². The van der Waals surface area contributed by atoms with E-state index in [1.807, 2.05) is 18.2 Å². The lowest BCUT2D eigenvalue weighted by Crippen LogP contribution is -2.16. The van der Waals surface area contributed by atoms with E-state index in [4.69, 9.17) is 9.15 Å². The molecular formula is C18H18N2O3S. The summed E-state index contributed by atoms with van der Waals surface area (Å²) in [4.78, 5) is 17.4. The first-order chi connectivity index (χ1) is 11.5. The van der Waals surface area contributed by atoms with Crippen molar-refractivity contribution >= 4 is 23.7 Å². The number of oxazole rings is 1. The second-order valence-corrected chi connectivity index (χ2v) is 6.82. The minimum atomic E-state index is -0.173. The summed E-state index contributed by atoms with van der Waals surface area (Å²) in [6.07, 6.45) is 4.22. The summed E-state index contributed by atoms with van der Waals surface area (Å²) in [5.41, 5.74) is 2.30. The Morgan fingerprint density at radius 3 is 2.92 bits per heavy atom. The van der Waals surface area contributed by atoms with Gasteiger partial charge in [-0.25, -0.2) is 4.98 Å². The lowest BCUT2D eigenvalue weighted by molar-refractivity contribution is 0.301. The fraction of sp³-hybridized carbons (Fsp3) is 0.333. The number of fused-ring (bicyclic) bond motifs is 1. The molecule has 0 radical (unpaired) electrons. The number of thiol groups is 1. The van der Waals surface area contributed by atoms with Gasteiger partial charge in [0.2, 0.25) is 0 Å². The van der Waals surface area contributed by atoms with E-state index in [0.717, 1.165) is 21.8 Å². The molecule has 3 aromatic rings. The zero-order valence-electron chi connectivity index (χ0n) is 13.6. The van der Waals surface area contributed by atoms with Crippen molar-refractivity contribution in [3.05, 3.63) is 40.6 Å². The smallest absolute Gasteiger partial charge is 0.280 e. The molecule has 24 heavy (non-hydrogen) atoms. The van der Waals surface area contributed by atoms with Gasteiger partial charge >= 0.3 is 0 Å². The predicted octanol–water partition coefficient (Wildman–Crippen LogP) is 3.58. The molecule has 2 aromatic heterocycles. The maximum Gasteiger partial charge on any atom is 0.280 e. The SMILES string of the molecule is Cc1nc2c(=O)n(C)cc(-c3cc(S)ccc3OCC3CC3)c2o1. The van der Waals surface area contributed by atoms with Gasteiger partial charge in [0.05, 0.1) is 6.61 Å². The molecule has 2 heterocycles. The Kier molecular flexibility index (Phi) is 3.64. The van der Waals surface area contributed by atoms with Gasteiger partial charge in [-0.15, -0.1) is 12.6 Å². The van der Waals surface area contributed by atoms with Crippen LogP contribution in [-0.4, -0.2) is 16.2 Å². The molecule has 1 aliphatic rings. The predicted molar refractivity (Wildman–Crippen MR) is 94.9 cm³/mol. The van der Waals surface area contributed by atoms with Gasteiger partial charge in [0.1, 0.15) is 5.75 Å². The average molecular weight is 342 g/mol. The monoisotopic (exact) mass is 342 g/mol. The van der Waals surface area contributed by atoms with Gasteiger partial charge in [-0.3, -0.25) is 4.79 Å². The Morgan fingerprint density at radius 2 is 2.17 bits per heavy atom. The first-order valence-corrected chi connectivity index (χ1v) is 8.40. The highest BCUT2D eigenvalue weighted by molar-refractivity contribution is 7.80. The third kappa shape index (κ3) is 2.71. The van der Waals surface area contributed by atoms with Crippen LogP contribution in [0.3, 0.4) is 0 Å². The van der Waals surface area contributed by atoms with Crippen molar-refractivity contribution in [2.24, 2.45) is 13.0 Å². The van der Waals surface area contributed by atoms with Gasteiger partial charge in [-0.1, -0.05) is 0 Å². The Hall–Kier alpha value is -2.21. The van der Waals surface area contributed by atoms with Crippen molar-refractivity contribution in [2.45, 2.75) is 24.7 Å². The molecule has 0 bridgehead atoms. The van der Waals surface area contributed by atoms with Gasteiger partial charge in [0.15, 0.2) is 17.0 Å². The van der Waals surface area contributed by atoms with Gasteiger partial charge in [-0.05, 0) is 37.0 Å². The number of ether oxygens (including phenoxy) is 1. The van der Waals surface area contributed by atoms with Crippen molar-refractivity contribution in [3.63, 3.8) is 0 Å². The summed E-state index contributed by atoms with van der Waals surface area (Å²) in [5, 5.41) is 0. The second-order valence-electron chi connectivity index (χ2n) is 6.30. The van der Waals surface area contributed by atoms with E-state index in [-0.39, 0.29) is 5.56 Å². The second kappa shape index (κ2) is 5.70. The first kappa shape index (κ1) is 15.3. The minimum absolute atomic E-state index is 0.173. The van der Waals surface area contributed by atoms with Crippen molar-refractivity contribution < 1.29 is 9.15 Å². The largest absolute Gasteiger partial charge is 0.493 e. The normalized spacial score (nSPS) is 14.3. The molecule has 1 aromatic carbocycles. The standard InChI is InChI=1S/C18H18N2O3S/c1-10-19-16-17(23-10)14(8-20(2)18(16)21)13-7-12(24)5-6-15(13)22-9-11-3-4-11/h5-8,11,24H,3-4,9H2,1-2H3. The number of aryl methyl sites for hydroxylation is 2. The third-order valence-corrected chi connectivity index (χ3v) is 4.53. The average Bonchev–Trinajstić information content (AvgIpc) is 3.30. The molecule has 0 amide bonds. The van der Waals surface area contributed by atoms with Crippen LogP contribution in [0.15, 0.2) is 38.5 Å². The Labute approximate surface area is 144 Å². The number of benzene rings is 1. The van der Waals surface area contributed by atoms with E-state index in [9.17, 15) is 4.79 Å². The highest BCUT2D eigenvalue weighted by Crippen LogP contribution is 2.37. The highest BCUT2D eigenvalue weighted by atomic mass is 32.1. The molecule has 4 rings (SSSR count). The van der Waals surface area contributed by atoms with E-state index in [2.05, 4.69) is 17.6 Å². The van der Waals surface area contributed by atoms with Gasteiger partial charge in [0.25, 0.3) is 5.56 Å². The lowest BCUT2D eigenvalue weighted by Gasteiger charge is -2.13. The number of rotatable bonds is 4. The van der Waals surface area contributed by atoms with E-state index in [1.165, 1.54) is 17.4 Å². The number of nitrogens with zero attached hydrogens (tertiary/aromatic N) is 2. The maximum absolute atomic E-state index is 12.3. The van der Waals surface area contributed by atoms with Crippen molar-refractivity contribution in [1.29, 1.82) is 0 Å². The molecular weight excluding hydrogens is 324 g/mol. The van der Waals surface area contributed by atoms with Crippen molar-refractivity contribution in [1.82, 2.24) is 9.55 Å². The molecule has 0 spiro atoms. The van der Waals surface area contributed by atoms with Crippen LogP contribution in [0.2, 0.25) is 0 Å². The maximum atomic E-state index is 12.3. The number of hydrogen-bond donors (Lipinski definition) is 1. The summed E-state index contributed by atoms with van der Waals surface area (Å²) >= 11 is 4.45. The fourth-order valence-electron chi connectivity index (χ4n) is 2.77. The number of hydrogen-bond acceptors (Lipinski definition) is 5. The van der Waals surface area contributed by atoms with E-state index < -0.39 is 0 Å². The van der Waals surface area contributed by atoms with Gasteiger partial charge in [-0.2, -0.15) is 0 Å².